The second-order valence-corrected chi connectivity index (χ2v) is 14.2. The molecule has 49 heavy (non-hydrogen) atoms. The third kappa shape index (κ3) is 5.94. The number of imidazole rings is 2. The number of aliphatic hydroxyl groups excluding tert-OH is 2. The van der Waals surface area contributed by atoms with Crippen LogP contribution in [-0.4, -0.2) is 66.3 Å². The van der Waals surface area contributed by atoms with Crippen molar-refractivity contribution in [2.45, 2.75) is 94.3 Å². The van der Waals surface area contributed by atoms with E-state index < -0.39 is 18.0 Å². The number of aromatic nitrogens is 4. The van der Waals surface area contributed by atoms with E-state index in [0.29, 0.717) is 50.0 Å². The molecule has 258 valence electrons. The van der Waals surface area contributed by atoms with Gasteiger partial charge < -0.3 is 28.8 Å². The molecule has 3 fully saturated rings. The maximum atomic E-state index is 14.5. The summed E-state index contributed by atoms with van der Waals surface area (Å²) in [5.74, 6) is -0.268. The van der Waals surface area contributed by atoms with Gasteiger partial charge in [0.05, 0.1) is 73.9 Å². The van der Waals surface area contributed by atoms with Crippen molar-refractivity contribution in [3.8, 4) is 22.5 Å². The molecule has 1 spiro atoms. The van der Waals surface area contributed by atoms with Gasteiger partial charge in [-0.15, -0.1) is 0 Å². The lowest BCUT2D eigenvalue weighted by molar-refractivity contribution is -0.187. The Hall–Kier alpha value is -3.77. The van der Waals surface area contributed by atoms with Gasteiger partial charge in [-0.05, 0) is 62.5 Å². The van der Waals surface area contributed by atoms with E-state index in [0.717, 1.165) is 61.0 Å². The van der Waals surface area contributed by atoms with Crippen molar-refractivity contribution < 1.29 is 33.3 Å². The van der Waals surface area contributed by atoms with Gasteiger partial charge in [0.1, 0.15) is 17.4 Å². The van der Waals surface area contributed by atoms with Crippen LogP contribution in [-0.2, 0) is 14.3 Å². The highest BCUT2D eigenvalue weighted by molar-refractivity contribution is 5.79. The average molecular weight is 673 g/mol. The summed E-state index contributed by atoms with van der Waals surface area (Å²) in [6.45, 7) is 1.32. The maximum Gasteiger partial charge on any atom is 0.168 e. The Morgan fingerprint density at radius 3 is 1.71 bits per heavy atom. The molecule has 2 saturated carbocycles. The molecule has 1 saturated heterocycles. The number of aliphatic hydroxyl groups is 2. The highest BCUT2D eigenvalue weighted by Crippen LogP contribution is 2.46. The van der Waals surface area contributed by atoms with Crippen molar-refractivity contribution in [3.63, 3.8) is 0 Å². The zero-order valence-corrected chi connectivity index (χ0v) is 27.4. The molecule has 2 aromatic heterocycles. The van der Waals surface area contributed by atoms with E-state index in [1.165, 1.54) is 12.1 Å². The van der Waals surface area contributed by atoms with Crippen LogP contribution in [0.3, 0.4) is 0 Å². The van der Waals surface area contributed by atoms with E-state index in [9.17, 15) is 23.8 Å². The molecule has 4 aromatic rings. The fourth-order valence-electron chi connectivity index (χ4n) is 8.90. The zero-order valence-electron chi connectivity index (χ0n) is 27.4. The van der Waals surface area contributed by atoms with Gasteiger partial charge in [0.25, 0.3) is 0 Å². The number of halogens is 2. The van der Waals surface area contributed by atoms with Crippen molar-refractivity contribution >= 4 is 5.78 Å². The van der Waals surface area contributed by atoms with Crippen molar-refractivity contribution in [1.29, 1.82) is 0 Å². The summed E-state index contributed by atoms with van der Waals surface area (Å²) in [6.07, 6.45) is 12.8. The second-order valence-electron chi connectivity index (χ2n) is 14.2. The van der Waals surface area contributed by atoms with Crippen LogP contribution in [0.25, 0.3) is 22.5 Å². The topological polar surface area (TPSA) is 112 Å². The van der Waals surface area contributed by atoms with Crippen molar-refractivity contribution in [3.05, 3.63) is 84.2 Å². The number of hydrogen-bond donors (Lipinski definition) is 2. The van der Waals surface area contributed by atoms with Gasteiger partial charge in [0.2, 0.25) is 0 Å². The first-order chi connectivity index (χ1) is 23.8. The van der Waals surface area contributed by atoms with Gasteiger partial charge in [-0.2, -0.15) is 0 Å². The first-order valence-electron chi connectivity index (χ1n) is 17.6. The fourth-order valence-corrected chi connectivity index (χ4v) is 8.90. The van der Waals surface area contributed by atoms with Crippen molar-refractivity contribution in [2.75, 3.05) is 13.2 Å². The summed E-state index contributed by atoms with van der Waals surface area (Å²) in [4.78, 5) is 19.8. The molecular weight excluding hydrogens is 630 g/mol. The van der Waals surface area contributed by atoms with Crippen LogP contribution in [0.4, 0.5) is 8.78 Å². The Morgan fingerprint density at radius 1 is 0.755 bits per heavy atom. The second kappa shape index (κ2) is 13.2. The molecule has 4 unspecified atom stereocenters. The molecule has 11 heteroatoms. The molecule has 5 heterocycles. The molecule has 2 aromatic carbocycles. The molecule has 0 amide bonds. The molecule has 0 radical (unpaired) electrons. The zero-order chi connectivity index (χ0) is 33.7. The monoisotopic (exact) mass is 672 g/mol. The van der Waals surface area contributed by atoms with Gasteiger partial charge in [-0.1, -0.05) is 24.3 Å². The number of carbonyl (C=O) groups excluding carboxylic acids is 1. The number of hydrogen-bond acceptors (Lipinski definition) is 7. The first-order valence-corrected chi connectivity index (χ1v) is 17.6. The summed E-state index contributed by atoms with van der Waals surface area (Å²) < 4.78 is 44.4. The molecule has 4 atom stereocenters. The lowest BCUT2D eigenvalue weighted by Gasteiger charge is -2.37. The minimum Gasteiger partial charge on any atom is -0.393 e. The number of ketones is 1. The van der Waals surface area contributed by atoms with E-state index in [4.69, 9.17) is 9.47 Å². The number of ether oxygens (including phenoxy) is 2. The molecule has 2 aliphatic carbocycles. The maximum absolute atomic E-state index is 14.5. The Balaban J connectivity index is 0.000000143. The fraction of sp³-hybridized carbons (Fsp3) is 0.500. The molecule has 9 nitrogen and oxygen atoms in total. The smallest absolute Gasteiger partial charge is 0.168 e. The predicted octanol–water partition coefficient (Wildman–Crippen LogP) is 6.38. The van der Waals surface area contributed by atoms with Crippen LogP contribution < -0.4 is 0 Å². The lowest BCUT2D eigenvalue weighted by Crippen LogP contribution is -2.38. The number of benzene rings is 2. The van der Waals surface area contributed by atoms with Gasteiger partial charge in [-0.25, -0.2) is 18.7 Å². The van der Waals surface area contributed by atoms with Crippen LogP contribution in [0.1, 0.15) is 87.4 Å². The number of nitrogens with zero attached hydrogens (tertiary/aromatic N) is 4. The number of rotatable bonds is 6. The third-order valence-electron chi connectivity index (χ3n) is 11.5. The Kier molecular flexibility index (Phi) is 8.72. The summed E-state index contributed by atoms with van der Waals surface area (Å²) in [5, 5.41) is 21.5. The number of fused-ring (bicyclic) bond motifs is 6. The van der Waals surface area contributed by atoms with E-state index >= 15 is 0 Å². The largest absolute Gasteiger partial charge is 0.393 e. The van der Waals surface area contributed by atoms with Crippen molar-refractivity contribution in [2.24, 2.45) is 11.8 Å². The minimum absolute atomic E-state index is 0.121. The SMILES string of the molecule is O=C1CCC(C(O)CC2c3c(F)cccc3-c3cncn32)CC1.OC(CC1c2c(F)cccc2-c2cncn21)C1CCC2(CC1)OCCO2. The van der Waals surface area contributed by atoms with E-state index in [1.807, 2.05) is 21.3 Å². The van der Waals surface area contributed by atoms with Crippen molar-refractivity contribution in [1.82, 2.24) is 19.1 Å². The van der Waals surface area contributed by atoms with Gasteiger partial charge in [-0.3, -0.25) is 4.79 Å². The van der Waals surface area contributed by atoms with Crippen LogP contribution >= 0.6 is 0 Å². The molecule has 9 rings (SSSR count). The standard InChI is InChI=1S/C20H23FN2O3.C18H19FN2O2/c21-15-3-1-2-14-17-11-22-12-23(17)16(19(14)15)10-18(24)13-4-6-20(7-5-13)25-8-9-26-20;19-14-3-1-2-13-16-9-20-10-21(16)15(18(13)14)8-17(23)11-4-6-12(22)7-5-11/h1-3,11-13,16,18,24H,4-10H2;1-3,9-11,15,17,23H,4-8H2. The highest BCUT2D eigenvalue weighted by Gasteiger charge is 2.43. The summed E-state index contributed by atoms with van der Waals surface area (Å²) >= 11 is 0. The van der Waals surface area contributed by atoms with Crippen LogP contribution in [0.2, 0.25) is 0 Å². The average Bonchev–Trinajstić information content (AvgIpc) is 3.94. The summed E-state index contributed by atoms with van der Waals surface area (Å²) in [7, 11) is 0. The molecular formula is C38H42F2N4O5. The van der Waals surface area contributed by atoms with Crippen LogP contribution in [0.5, 0.6) is 0 Å². The van der Waals surface area contributed by atoms with E-state index in [2.05, 4.69) is 9.97 Å². The first kappa shape index (κ1) is 32.4. The minimum atomic E-state index is -0.533. The Labute approximate surface area is 283 Å². The van der Waals surface area contributed by atoms with Gasteiger partial charge in [0, 0.05) is 47.9 Å². The summed E-state index contributed by atoms with van der Waals surface area (Å²) in [6, 6.07) is 9.80. The van der Waals surface area contributed by atoms with Gasteiger partial charge in [0.15, 0.2) is 5.79 Å². The van der Waals surface area contributed by atoms with E-state index in [1.54, 1.807) is 37.2 Å². The molecule has 5 aliphatic rings. The van der Waals surface area contributed by atoms with Crippen LogP contribution in [0, 0.1) is 23.5 Å². The predicted molar refractivity (Wildman–Crippen MR) is 176 cm³/mol. The van der Waals surface area contributed by atoms with Gasteiger partial charge >= 0.3 is 0 Å². The van der Waals surface area contributed by atoms with Crippen LogP contribution in [0.15, 0.2) is 61.4 Å². The number of Topliss-reactive ketones (excluding diaryl/α,β-unsaturated/α-hetero) is 1. The lowest BCUT2D eigenvalue weighted by atomic mass is 9.79. The molecule has 3 aliphatic heterocycles. The molecule has 2 N–H and O–H groups in total. The Morgan fingerprint density at radius 2 is 1.22 bits per heavy atom. The summed E-state index contributed by atoms with van der Waals surface area (Å²) in [5.41, 5.74) is 4.89. The highest BCUT2D eigenvalue weighted by atomic mass is 19.1. The van der Waals surface area contributed by atoms with E-state index in [-0.39, 0.29) is 41.3 Å². The number of carbonyl (C=O) groups is 1. The third-order valence-corrected chi connectivity index (χ3v) is 11.5. The Bertz CT molecular complexity index is 1810. The molecule has 0 bridgehead atoms. The quantitative estimate of drug-likeness (QED) is 0.245. The normalized spacial score (nSPS) is 23.8.